The fraction of sp³-hybridized carbons (Fsp3) is 0.286. The number of sulfonamides is 1. The summed E-state index contributed by atoms with van der Waals surface area (Å²) < 4.78 is 70.5. The first-order valence-corrected chi connectivity index (χ1v) is 11.4. The molecule has 1 saturated heterocycles. The second kappa shape index (κ2) is 10.0. The van der Waals surface area contributed by atoms with E-state index in [1.807, 2.05) is 0 Å². The Morgan fingerprint density at radius 2 is 1.78 bits per heavy atom. The topological polar surface area (TPSA) is 75.7 Å². The number of halogens is 4. The lowest BCUT2D eigenvalue weighted by Crippen LogP contribution is -2.40. The van der Waals surface area contributed by atoms with Crippen molar-refractivity contribution in [3.63, 3.8) is 0 Å². The Labute approximate surface area is 188 Å². The molecule has 6 nitrogen and oxygen atoms in total. The van der Waals surface area contributed by atoms with Crippen LogP contribution in [0.15, 0.2) is 53.4 Å². The minimum absolute atomic E-state index is 0.121. The van der Waals surface area contributed by atoms with Crippen molar-refractivity contribution >= 4 is 33.6 Å². The molecule has 3 rings (SSSR count). The lowest BCUT2D eigenvalue weighted by molar-refractivity contribution is -0.137. The van der Waals surface area contributed by atoms with E-state index in [1.54, 1.807) is 12.1 Å². The molecule has 0 atom stereocenters. The molecule has 1 aliphatic heterocycles. The van der Waals surface area contributed by atoms with Crippen LogP contribution in [0.2, 0.25) is 5.02 Å². The molecule has 2 aromatic rings. The highest BCUT2D eigenvalue weighted by atomic mass is 35.5. The van der Waals surface area contributed by atoms with E-state index in [4.69, 9.17) is 16.3 Å². The molecule has 2 aromatic carbocycles. The average Bonchev–Trinajstić information content (AvgIpc) is 2.77. The molecule has 32 heavy (non-hydrogen) atoms. The standard InChI is InChI=1S/C21H20ClF3N2O4S/c22-19-7-3-15(13-18(19)21(23,24)25)4-8-20(28)26-14-16-1-5-17(6-2-16)32(29,30)27-9-11-31-12-10-27/h1-8,13H,9-12,14H2,(H,26,28)/b8-4+. The Balaban J connectivity index is 1.58. The number of benzene rings is 2. The van der Waals surface area contributed by atoms with Crippen LogP contribution in [0.5, 0.6) is 0 Å². The lowest BCUT2D eigenvalue weighted by atomic mass is 10.1. The maximum Gasteiger partial charge on any atom is 0.417 e. The van der Waals surface area contributed by atoms with E-state index >= 15 is 0 Å². The number of nitrogens with zero attached hydrogens (tertiary/aromatic N) is 1. The Bertz CT molecular complexity index is 1100. The molecule has 1 amide bonds. The highest BCUT2D eigenvalue weighted by molar-refractivity contribution is 7.89. The molecule has 1 fully saturated rings. The number of rotatable bonds is 6. The van der Waals surface area contributed by atoms with Crippen molar-refractivity contribution in [2.75, 3.05) is 26.3 Å². The maximum atomic E-state index is 12.9. The van der Waals surface area contributed by atoms with E-state index in [-0.39, 0.29) is 17.0 Å². The van der Waals surface area contributed by atoms with Crippen molar-refractivity contribution < 1.29 is 31.1 Å². The van der Waals surface area contributed by atoms with E-state index < -0.39 is 32.7 Å². The van der Waals surface area contributed by atoms with E-state index in [9.17, 15) is 26.4 Å². The van der Waals surface area contributed by atoms with Crippen LogP contribution in [0.25, 0.3) is 6.08 Å². The van der Waals surface area contributed by atoms with Gasteiger partial charge in [0.1, 0.15) is 0 Å². The molecular formula is C21H20ClF3N2O4S. The first-order valence-electron chi connectivity index (χ1n) is 9.57. The van der Waals surface area contributed by atoms with Crippen LogP contribution in [-0.2, 0) is 32.3 Å². The smallest absolute Gasteiger partial charge is 0.379 e. The second-order valence-electron chi connectivity index (χ2n) is 6.95. The van der Waals surface area contributed by atoms with Gasteiger partial charge in [0.05, 0.1) is 28.7 Å². The Hall–Kier alpha value is -2.40. The predicted octanol–water partition coefficient (Wildman–Crippen LogP) is 3.71. The number of carbonyl (C=O) groups is 1. The van der Waals surface area contributed by atoms with Gasteiger partial charge in [0, 0.05) is 25.7 Å². The van der Waals surface area contributed by atoms with Crippen molar-refractivity contribution in [1.82, 2.24) is 9.62 Å². The van der Waals surface area contributed by atoms with Gasteiger partial charge in [-0.3, -0.25) is 4.79 Å². The molecular weight excluding hydrogens is 469 g/mol. The number of amides is 1. The largest absolute Gasteiger partial charge is 0.417 e. The van der Waals surface area contributed by atoms with E-state index in [1.165, 1.54) is 28.6 Å². The third-order valence-corrected chi connectivity index (χ3v) is 6.96. The van der Waals surface area contributed by atoms with Gasteiger partial charge in [-0.2, -0.15) is 17.5 Å². The van der Waals surface area contributed by atoms with Gasteiger partial charge >= 0.3 is 6.18 Å². The first kappa shape index (κ1) is 24.2. The zero-order valence-electron chi connectivity index (χ0n) is 16.7. The number of nitrogens with one attached hydrogen (secondary N) is 1. The van der Waals surface area contributed by atoms with E-state index in [2.05, 4.69) is 5.32 Å². The highest BCUT2D eigenvalue weighted by Gasteiger charge is 2.33. The van der Waals surface area contributed by atoms with Crippen LogP contribution in [0.1, 0.15) is 16.7 Å². The Morgan fingerprint density at radius 1 is 1.12 bits per heavy atom. The fourth-order valence-electron chi connectivity index (χ4n) is 3.00. The summed E-state index contributed by atoms with van der Waals surface area (Å²) in [6.07, 6.45) is -2.23. The SMILES string of the molecule is O=C(/C=C/c1ccc(Cl)c(C(F)(F)F)c1)NCc1ccc(S(=O)(=O)N2CCOCC2)cc1. The van der Waals surface area contributed by atoms with Gasteiger partial charge in [0.2, 0.25) is 15.9 Å². The minimum Gasteiger partial charge on any atom is -0.379 e. The molecule has 1 aliphatic rings. The molecule has 0 unspecified atom stereocenters. The van der Waals surface area contributed by atoms with Crippen molar-refractivity contribution in [1.29, 1.82) is 0 Å². The average molecular weight is 489 g/mol. The normalized spacial score (nSPS) is 15.8. The molecule has 172 valence electrons. The van der Waals surface area contributed by atoms with Gasteiger partial charge in [-0.1, -0.05) is 29.8 Å². The van der Waals surface area contributed by atoms with Gasteiger partial charge in [0.25, 0.3) is 0 Å². The van der Waals surface area contributed by atoms with Gasteiger partial charge < -0.3 is 10.1 Å². The molecule has 1 heterocycles. The Kier molecular flexibility index (Phi) is 7.60. The zero-order chi connectivity index (χ0) is 23.4. The van der Waals surface area contributed by atoms with Crippen molar-refractivity contribution in [2.24, 2.45) is 0 Å². The molecule has 11 heteroatoms. The van der Waals surface area contributed by atoms with Crippen LogP contribution in [0.4, 0.5) is 13.2 Å². The van der Waals surface area contributed by atoms with Gasteiger partial charge in [0.15, 0.2) is 0 Å². The van der Waals surface area contributed by atoms with Gasteiger partial charge in [-0.25, -0.2) is 8.42 Å². The summed E-state index contributed by atoms with van der Waals surface area (Å²) in [6.45, 7) is 1.42. The van der Waals surface area contributed by atoms with Crippen LogP contribution in [0.3, 0.4) is 0 Å². The van der Waals surface area contributed by atoms with Crippen LogP contribution >= 0.6 is 11.6 Å². The number of ether oxygens (including phenoxy) is 1. The van der Waals surface area contributed by atoms with Crippen LogP contribution in [-0.4, -0.2) is 44.9 Å². The predicted molar refractivity (Wildman–Crippen MR) is 113 cm³/mol. The van der Waals surface area contributed by atoms with Crippen LogP contribution < -0.4 is 5.32 Å². The lowest BCUT2D eigenvalue weighted by Gasteiger charge is -2.26. The third kappa shape index (κ3) is 6.10. The first-order chi connectivity index (χ1) is 15.1. The molecule has 1 N–H and O–H groups in total. The second-order valence-corrected chi connectivity index (χ2v) is 9.29. The quantitative estimate of drug-likeness (QED) is 0.629. The van der Waals surface area contributed by atoms with Gasteiger partial charge in [-0.15, -0.1) is 0 Å². The molecule has 0 bridgehead atoms. The molecule has 0 radical (unpaired) electrons. The molecule has 0 spiro atoms. The summed E-state index contributed by atoms with van der Waals surface area (Å²) in [5.41, 5.74) is -0.137. The number of alkyl halides is 3. The summed E-state index contributed by atoms with van der Waals surface area (Å²) in [6, 6.07) is 9.46. The van der Waals surface area contributed by atoms with Crippen molar-refractivity contribution in [3.05, 3.63) is 70.3 Å². The van der Waals surface area contributed by atoms with E-state index in [0.717, 1.165) is 18.2 Å². The highest BCUT2D eigenvalue weighted by Crippen LogP contribution is 2.35. The summed E-state index contributed by atoms with van der Waals surface area (Å²) in [5, 5.41) is 2.18. The minimum atomic E-state index is -4.59. The number of hydrogen-bond donors (Lipinski definition) is 1. The summed E-state index contributed by atoms with van der Waals surface area (Å²) in [7, 11) is -3.60. The van der Waals surface area contributed by atoms with Crippen molar-refractivity contribution in [2.45, 2.75) is 17.6 Å². The number of hydrogen-bond acceptors (Lipinski definition) is 4. The van der Waals surface area contributed by atoms with Crippen molar-refractivity contribution in [3.8, 4) is 0 Å². The molecule has 0 aromatic heterocycles. The van der Waals surface area contributed by atoms with E-state index in [0.29, 0.717) is 31.9 Å². The molecule has 0 saturated carbocycles. The third-order valence-electron chi connectivity index (χ3n) is 4.72. The summed E-state index contributed by atoms with van der Waals surface area (Å²) in [5.74, 6) is -0.515. The number of carbonyl (C=O) groups excluding carboxylic acids is 1. The zero-order valence-corrected chi connectivity index (χ0v) is 18.3. The molecule has 0 aliphatic carbocycles. The maximum absolute atomic E-state index is 12.9. The van der Waals surface area contributed by atoms with Crippen LogP contribution in [0, 0.1) is 0 Å². The summed E-state index contributed by atoms with van der Waals surface area (Å²) in [4.78, 5) is 12.2. The fourth-order valence-corrected chi connectivity index (χ4v) is 4.63. The monoisotopic (exact) mass is 488 g/mol. The van der Waals surface area contributed by atoms with Gasteiger partial charge in [-0.05, 0) is 41.5 Å². The summed E-state index contributed by atoms with van der Waals surface area (Å²) >= 11 is 5.58. The number of morpholine rings is 1. The Morgan fingerprint density at radius 3 is 2.41 bits per heavy atom.